The molecule has 0 radical (unpaired) electrons. The van der Waals surface area contributed by atoms with Crippen molar-refractivity contribution in [2.24, 2.45) is 0 Å². The van der Waals surface area contributed by atoms with Crippen LogP contribution in [0.4, 0.5) is 0 Å². The van der Waals surface area contributed by atoms with E-state index in [0.717, 1.165) is 18.5 Å². The maximum absolute atomic E-state index is 4.58. The van der Waals surface area contributed by atoms with E-state index in [1.807, 2.05) is 6.20 Å². The van der Waals surface area contributed by atoms with Crippen LogP contribution < -0.4 is 0 Å². The Morgan fingerprint density at radius 1 is 0.810 bits per heavy atom. The number of hydrogen-bond acceptors (Lipinski definition) is 1. The van der Waals surface area contributed by atoms with E-state index in [9.17, 15) is 0 Å². The molecular formula is C20H19N. The van der Waals surface area contributed by atoms with Gasteiger partial charge in [0.05, 0.1) is 0 Å². The molecule has 0 saturated heterocycles. The fraction of sp³-hybridized carbons (Fsp3) is 0.150. The monoisotopic (exact) mass is 273 g/mol. The number of rotatable bonds is 4. The zero-order valence-electron chi connectivity index (χ0n) is 12.3. The van der Waals surface area contributed by atoms with Crippen LogP contribution in [0.2, 0.25) is 0 Å². The van der Waals surface area contributed by atoms with Gasteiger partial charge in [0.25, 0.3) is 0 Å². The lowest BCUT2D eigenvalue weighted by Crippen LogP contribution is -1.96. The third-order valence-corrected chi connectivity index (χ3v) is 3.76. The minimum absolute atomic E-state index is 0.976. The fourth-order valence-corrected chi connectivity index (χ4v) is 2.55. The first kappa shape index (κ1) is 13.6. The van der Waals surface area contributed by atoms with Gasteiger partial charge in [-0.1, -0.05) is 60.7 Å². The molecule has 1 nitrogen and oxygen atoms in total. The highest BCUT2D eigenvalue weighted by Crippen LogP contribution is 2.23. The second kappa shape index (κ2) is 6.36. The van der Waals surface area contributed by atoms with Crippen molar-refractivity contribution in [1.29, 1.82) is 0 Å². The average Bonchev–Trinajstić information content (AvgIpc) is 2.56. The minimum Gasteiger partial charge on any atom is -0.261 e. The maximum atomic E-state index is 4.58. The number of nitrogens with zero attached hydrogens (tertiary/aromatic N) is 1. The van der Waals surface area contributed by atoms with Crippen molar-refractivity contribution in [2.75, 3.05) is 0 Å². The van der Waals surface area contributed by atoms with Gasteiger partial charge in [-0.3, -0.25) is 4.98 Å². The van der Waals surface area contributed by atoms with Crippen LogP contribution >= 0.6 is 0 Å². The van der Waals surface area contributed by atoms with Crippen LogP contribution in [0.25, 0.3) is 11.1 Å². The van der Waals surface area contributed by atoms with E-state index < -0.39 is 0 Å². The Morgan fingerprint density at radius 2 is 1.48 bits per heavy atom. The quantitative estimate of drug-likeness (QED) is 0.662. The van der Waals surface area contributed by atoms with E-state index in [0.29, 0.717) is 0 Å². The van der Waals surface area contributed by atoms with Crippen LogP contribution in [0.15, 0.2) is 72.9 Å². The van der Waals surface area contributed by atoms with Gasteiger partial charge in [0, 0.05) is 11.9 Å². The fourth-order valence-electron chi connectivity index (χ4n) is 2.55. The van der Waals surface area contributed by atoms with E-state index in [1.54, 1.807) is 0 Å². The molecule has 0 aliphatic carbocycles. The number of hydrogen-bond donors (Lipinski definition) is 0. The van der Waals surface area contributed by atoms with Crippen molar-refractivity contribution in [3.63, 3.8) is 0 Å². The predicted molar refractivity (Wildman–Crippen MR) is 88.3 cm³/mol. The van der Waals surface area contributed by atoms with Crippen molar-refractivity contribution in [3.8, 4) is 11.1 Å². The van der Waals surface area contributed by atoms with Gasteiger partial charge in [0.1, 0.15) is 0 Å². The Kier molecular flexibility index (Phi) is 4.11. The van der Waals surface area contributed by atoms with Crippen LogP contribution in [0.5, 0.6) is 0 Å². The summed E-state index contributed by atoms with van der Waals surface area (Å²) in [6.45, 7) is 2.12. The van der Waals surface area contributed by atoms with Gasteiger partial charge in [-0.2, -0.15) is 0 Å². The van der Waals surface area contributed by atoms with Crippen LogP contribution in [0, 0.1) is 6.92 Å². The van der Waals surface area contributed by atoms with E-state index in [1.165, 1.54) is 22.3 Å². The average molecular weight is 273 g/mol. The molecule has 2 aromatic carbocycles. The highest BCUT2D eigenvalue weighted by molar-refractivity contribution is 5.66. The number of benzene rings is 2. The molecule has 0 bridgehead atoms. The largest absolute Gasteiger partial charge is 0.261 e. The molecule has 1 heteroatoms. The summed E-state index contributed by atoms with van der Waals surface area (Å²) in [7, 11) is 0. The Labute approximate surface area is 126 Å². The lowest BCUT2D eigenvalue weighted by Gasteiger charge is -2.08. The molecule has 21 heavy (non-hydrogen) atoms. The Balaban J connectivity index is 1.81. The molecule has 3 aromatic rings. The van der Waals surface area contributed by atoms with Crippen LogP contribution in [-0.4, -0.2) is 4.98 Å². The molecule has 0 N–H and O–H groups in total. The van der Waals surface area contributed by atoms with Gasteiger partial charge in [0.15, 0.2) is 0 Å². The summed E-state index contributed by atoms with van der Waals surface area (Å²) in [4.78, 5) is 4.58. The second-order valence-electron chi connectivity index (χ2n) is 5.34. The summed E-state index contributed by atoms with van der Waals surface area (Å²) in [5, 5.41) is 0. The topological polar surface area (TPSA) is 12.9 Å². The highest BCUT2D eigenvalue weighted by atomic mass is 14.7. The number of pyridine rings is 1. The van der Waals surface area contributed by atoms with Crippen molar-refractivity contribution in [1.82, 2.24) is 4.98 Å². The molecule has 0 aliphatic heterocycles. The van der Waals surface area contributed by atoms with Gasteiger partial charge in [-0.25, -0.2) is 0 Å². The van der Waals surface area contributed by atoms with Crippen molar-refractivity contribution in [3.05, 3.63) is 89.7 Å². The number of aryl methyl sites for hydroxylation is 3. The van der Waals surface area contributed by atoms with Crippen molar-refractivity contribution < 1.29 is 0 Å². The smallest absolute Gasteiger partial charge is 0.0413 e. The van der Waals surface area contributed by atoms with Crippen LogP contribution in [-0.2, 0) is 12.8 Å². The molecule has 1 aromatic heterocycles. The van der Waals surface area contributed by atoms with E-state index >= 15 is 0 Å². The van der Waals surface area contributed by atoms with Gasteiger partial charge >= 0.3 is 0 Å². The summed E-state index contributed by atoms with van der Waals surface area (Å²) in [6, 6.07) is 23.3. The molecule has 0 atom stereocenters. The molecular weight excluding hydrogens is 254 g/mol. The molecule has 0 saturated carbocycles. The van der Waals surface area contributed by atoms with Gasteiger partial charge < -0.3 is 0 Å². The van der Waals surface area contributed by atoms with Crippen molar-refractivity contribution >= 4 is 0 Å². The second-order valence-corrected chi connectivity index (χ2v) is 5.34. The Bertz CT molecular complexity index is 702. The first-order valence-corrected chi connectivity index (χ1v) is 7.38. The predicted octanol–water partition coefficient (Wildman–Crippen LogP) is 4.84. The number of aromatic nitrogens is 1. The summed E-state index contributed by atoms with van der Waals surface area (Å²) < 4.78 is 0. The molecule has 0 spiro atoms. The third-order valence-electron chi connectivity index (χ3n) is 3.76. The Hall–Kier alpha value is -2.41. The van der Waals surface area contributed by atoms with E-state index in [4.69, 9.17) is 0 Å². The normalized spacial score (nSPS) is 10.5. The SMILES string of the molecule is Cc1cnc(CCc2ccccc2)cc1-c1ccccc1. The molecule has 104 valence electrons. The van der Waals surface area contributed by atoms with Crippen LogP contribution in [0.3, 0.4) is 0 Å². The van der Waals surface area contributed by atoms with Gasteiger partial charge in [-0.15, -0.1) is 0 Å². The molecule has 1 heterocycles. The molecule has 0 amide bonds. The summed E-state index contributed by atoms with van der Waals surface area (Å²) in [5.74, 6) is 0. The maximum Gasteiger partial charge on any atom is 0.0413 e. The lowest BCUT2D eigenvalue weighted by molar-refractivity contribution is 0.912. The molecule has 3 rings (SSSR count). The summed E-state index contributed by atoms with van der Waals surface area (Å²) >= 11 is 0. The molecule has 0 unspecified atom stereocenters. The Morgan fingerprint density at radius 3 is 2.19 bits per heavy atom. The first-order chi connectivity index (χ1) is 10.3. The van der Waals surface area contributed by atoms with Crippen LogP contribution in [0.1, 0.15) is 16.8 Å². The molecule has 0 aliphatic rings. The summed E-state index contributed by atoms with van der Waals surface area (Å²) in [5.41, 5.74) is 6.29. The van der Waals surface area contributed by atoms with Crippen molar-refractivity contribution in [2.45, 2.75) is 19.8 Å². The zero-order chi connectivity index (χ0) is 14.5. The van der Waals surface area contributed by atoms with Gasteiger partial charge in [0.2, 0.25) is 0 Å². The molecule has 0 fully saturated rings. The highest BCUT2D eigenvalue weighted by Gasteiger charge is 2.04. The van der Waals surface area contributed by atoms with E-state index in [2.05, 4.69) is 78.6 Å². The standard InChI is InChI=1S/C20H19N/c1-16-15-21-19(13-12-17-8-4-2-5-9-17)14-20(16)18-10-6-3-7-11-18/h2-11,14-15H,12-13H2,1H3. The first-order valence-electron chi connectivity index (χ1n) is 7.38. The third kappa shape index (κ3) is 3.38. The minimum atomic E-state index is 0.976. The lowest BCUT2D eigenvalue weighted by atomic mass is 10.00. The zero-order valence-corrected chi connectivity index (χ0v) is 12.3. The van der Waals surface area contributed by atoms with E-state index in [-0.39, 0.29) is 0 Å². The van der Waals surface area contributed by atoms with Gasteiger partial charge in [-0.05, 0) is 48.1 Å². The summed E-state index contributed by atoms with van der Waals surface area (Å²) in [6.07, 6.45) is 4.00.